The summed E-state index contributed by atoms with van der Waals surface area (Å²) in [7, 11) is 1.81. The fraction of sp³-hybridized carbons (Fsp3) is 0.533. The molecule has 0 bridgehead atoms. The van der Waals surface area contributed by atoms with Gasteiger partial charge < -0.3 is 10.2 Å². The van der Waals surface area contributed by atoms with Crippen LogP contribution in [0.5, 0.6) is 0 Å². The van der Waals surface area contributed by atoms with Crippen molar-refractivity contribution in [1.82, 2.24) is 4.90 Å². The summed E-state index contributed by atoms with van der Waals surface area (Å²) in [5, 5.41) is 3.15. The van der Waals surface area contributed by atoms with Gasteiger partial charge in [0.1, 0.15) is 0 Å². The monoisotopic (exact) mass is 248 g/mol. The molecule has 1 amide bonds. The Balaban J connectivity index is 2.57. The molecule has 1 rings (SSSR count). The van der Waals surface area contributed by atoms with Crippen LogP contribution in [0.15, 0.2) is 24.3 Å². The Labute approximate surface area is 110 Å². The maximum absolute atomic E-state index is 11.6. The van der Waals surface area contributed by atoms with Gasteiger partial charge in [0, 0.05) is 19.3 Å². The number of hydrogen-bond donors (Lipinski definition) is 1. The van der Waals surface area contributed by atoms with Crippen LogP contribution < -0.4 is 5.32 Å². The Hall–Kier alpha value is -1.51. The van der Waals surface area contributed by atoms with Crippen LogP contribution in [0.25, 0.3) is 0 Å². The van der Waals surface area contributed by atoms with Crippen LogP contribution in [0.1, 0.15) is 33.3 Å². The van der Waals surface area contributed by atoms with Gasteiger partial charge in [-0.15, -0.1) is 0 Å². The first-order valence-electron chi connectivity index (χ1n) is 6.43. The van der Waals surface area contributed by atoms with E-state index in [9.17, 15) is 4.79 Å². The van der Waals surface area contributed by atoms with Gasteiger partial charge in [-0.25, -0.2) is 0 Å². The van der Waals surface area contributed by atoms with E-state index in [-0.39, 0.29) is 11.3 Å². The van der Waals surface area contributed by atoms with Crippen molar-refractivity contribution < 1.29 is 4.79 Å². The van der Waals surface area contributed by atoms with E-state index in [4.69, 9.17) is 0 Å². The Morgan fingerprint density at radius 1 is 1.22 bits per heavy atom. The van der Waals surface area contributed by atoms with E-state index in [2.05, 4.69) is 38.2 Å². The molecule has 0 fully saturated rings. The van der Waals surface area contributed by atoms with Crippen LogP contribution in [-0.2, 0) is 10.2 Å². The molecule has 0 spiro atoms. The molecule has 100 valence electrons. The number of anilines is 1. The van der Waals surface area contributed by atoms with Gasteiger partial charge in [-0.1, -0.05) is 32.9 Å². The lowest BCUT2D eigenvalue weighted by Crippen LogP contribution is -2.31. The number of nitrogens with one attached hydrogen (secondary N) is 1. The minimum absolute atomic E-state index is 0.109. The van der Waals surface area contributed by atoms with Crippen LogP contribution in [-0.4, -0.2) is 30.9 Å². The third kappa shape index (κ3) is 4.06. The van der Waals surface area contributed by atoms with Crippen LogP contribution in [0.2, 0.25) is 0 Å². The van der Waals surface area contributed by atoms with Crippen molar-refractivity contribution in [2.75, 3.05) is 25.5 Å². The second-order valence-corrected chi connectivity index (χ2v) is 5.59. The minimum atomic E-state index is 0.109. The third-order valence-electron chi connectivity index (χ3n) is 3.09. The lowest BCUT2D eigenvalue weighted by molar-refractivity contribution is -0.127. The minimum Gasteiger partial charge on any atom is -0.376 e. The van der Waals surface area contributed by atoms with E-state index in [1.807, 2.05) is 26.1 Å². The first kappa shape index (κ1) is 14.6. The summed E-state index contributed by atoms with van der Waals surface area (Å²) >= 11 is 0. The molecular weight excluding hydrogens is 224 g/mol. The molecular formula is C15H24N2O. The molecule has 0 unspecified atom stereocenters. The largest absolute Gasteiger partial charge is 0.376 e. The van der Waals surface area contributed by atoms with Crippen molar-refractivity contribution >= 4 is 11.6 Å². The number of carbonyl (C=O) groups is 1. The Morgan fingerprint density at radius 3 is 2.22 bits per heavy atom. The zero-order chi connectivity index (χ0) is 13.8. The molecule has 3 heteroatoms. The summed E-state index contributed by atoms with van der Waals surface area (Å²) in [6, 6.07) is 8.27. The maximum atomic E-state index is 11.6. The maximum Gasteiger partial charge on any atom is 0.241 e. The van der Waals surface area contributed by atoms with Gasteiger partial charge in [0.25, 0.3) is 0 Å². The molecule has 0 saturated heterocycles. The van der Waals surface area contributed by atoms with E-state index in [1.54, 1.807) is 4.90 Å². The zero-order valence-electron chi connectivity index (χ0n) is 12.1. The smallest absolute Gasteiger partial charge is 0.241 e. The third-order valence-corrected chi connectivity index (χ3v) is 3.09. The summed E-state index contributed by atoms with van der Waals surface area (Å²) in [4.78, 5) is 13.3. The van der Waals surface area contributed by atoms with Gasteiger partial charge >= 0.3 is 0 Å². The normalized spacial score (nSPS) is 11.2. The predicted molar refractivity (Wildman–Crippen MR) is 76.9 cm³/mol. The average Bonchev–Trinajstić information content (AvgIpc) is 2.34. The number of carbonyl (C=O) groups excluding carboxylic acids is 1. The lowest BCUT2D eigenvalue weighted by Gasteiger charge is -2.19. The first-order valence-corrected chi connectivity index (χ1v) is 6.43. The van der Waals surface area contributed by atoms with E-state index >= 15 is 0 Å². The number of likely N-dealkylation sites (N-methyl/N-ethyl adjacent to an activating group) is 1. The number of hydrogen-bond acceptors (Lipinski definition) is 2. The average molecular weight is 248 g/mol. The zero-order valence-corrected chi connectivity index (χ0v) is 12.1. The van der Waals surface area contributed by atoms with Gasteiger partial charge in [-0.05, 0) is 30.0 Å². The van der Waals surface area contributed by atoms with Crippen molar-refractivity contribution in [3.8, 4) is 0 Å². The number of rotatable bonds is 4. The molecule has 0 radical (unpaired) electrons. The van der Waals surface area contributed by atoms with Crippen molar-refractivity contribution in [1.29, 1.82) is 0 Å². The standard InChI is InChI=1S/C15H24N2O/c1-6-17(5)14(18)11-16-13-9-7-12(8-10-13)15(2,3)4/h7-10,16H,6,11H2,1-5H3. The summed E-state index contributed by atoms with van der Waals surface area (Å²) in [6.07, 6.45) is 0. The van der Waals surface area contributed by atoms with Crippen LogP contribution in [0.3, 0.4) is 0 Å². The number of benzene rings is 1. The van der Waals surface area contributed by atoms with Gasteiger partial charge in [0.05, 0.1) is 6.54 Å². The highest BCUT2D eigenvalue weighted by Crippen LogP contribution is 2.23. The molecule has 0 saturated carbocycles. The van der Waals surface area contributed by atoms with Crippen molar-refractivity contribution in [2.45, 2.75) is 33.1 Å². The number of nitrogens with zero attached hydrogens (tertiary/aromatic N) is 1. The number of amides is 1. The fourth-order valence-corrected chi connectivity index (χ4v) is 1.58. The molecule has 0 aromatic heterocycles. The van der Waals surface area contributed by atoms with Crippen molar-refractivity contribution in [3.05, 3.63) is 29.8 Å². The quantitative estimate of drug-likeness (QED) is 0.888. The summed E-state index contributed by atoms with van der Waals surface area (Å²) in [6.45, 7) is 9.62. The highest BCUT2D eigenvalue weighted by molar-refractivity contribution is 5.80. The Kier molecular flexibility index (Phi) is 4.76. The summed E-state index contributed by atoms with van der Waals surface area (Å²) < 4.78 is 0. The molecule has 3 nitrogen and oxygen atoms in total. The van der Waals surface area contributed by atoms with Crippen LogP contribution >= 0.6 is 0 Å². The van der Waals surface area contributed by atoms with E-state index < -0.39 is 0 Å². The highest BCUT2D eigenvalue weighted by atomic mass is 16.2. The molecule has 18 heavy (non-hydrogen) atoms. The van der Waals surface area contributed by atoms with Gasteiger partial charge in [0.15, 0.2) is 0 Å². The van der Waals surface area contributed by atoms with E-state index in [0.717, 1.165) is 12.2 Å². The Bertz CT molecular complexity index is 390. The van der Waals surface area contributed by atoms with Gasteiger partial charge in [0.2, 0.25) is 5.91 Å². The first-order chi connectivity index (χ1) is 8.34. The second-order valence-electron chi connectivity index (χ2n) is 5.59. The molecule has 0 heterocycles. The topological polar surface area (TPSA) is 32.3 Å². The summed E-state index contributed by atoms with van der Waals surface area (Å²) in [5.74, 6) is 0.109. The molecule has 1 aromatic rings. The van der Waals surface area contributed by atoms with Crippen molar-refractivity contribution in [2.24, 2.45) is 0 Å². The van der Waals surface area contributed by atoms with Crippen molar-refractivity contribution in [3.63, 3.8) is 0 Å². The van der Waals surface area contributed by atoms with Gasteiger partial charge in [-0.3, -0.25) is 4.79 Å². The predicted octanol–water partition coefficient (Wildman–Crippen LogP) is 2.87. The second kappa shape index (κ2) is 5.89. The molecule has 0 aliphatic heterocycles. The molecule has 0 aliphatic carbocycles. The van der Waals surface area contributed by atoms with E-state index in [0.29, 0.717) is 6.54 Å². The highest BCUT2D eigenvalue weighted by Gasteiger charge is 2.13. The molecule has 1 N–H and O–H groups in total. The van der Waals surface area contributed by atoms with Gasteiger partial charge in [-0.2, -0.15) is 0 Å². The molecule has 0 atom stereocenters. The Morgan fingerprint density at radius 2 is 1.78 bits per heavy atom. The molecule has 1 aromatic carbocycles. The molecule has 0 aliphatic rings. The fourth-order valence-electron chi connectivity index (χ4n) is 1.58. The lowest BCUT2D eigenvalue weighted by atomic mass is 9.87. The summed E-state index contributed by atoms with van der Waals surface area (Å²) in [5.41, 5.74) is 2.45. The van der Waals surface area contributed by atoms with Crippen LogP contribution in [0, 0.1) is 0 Å². The SMILES string of the molecule is CCN(C)C(=O)CNc1ccc(C(C)(C)C)cc1. The van der Waals surface area contributed by atoms with E-state index in [1.165, 1.54) is 5.56 Å². The van der Waals surface area contributed by atoms with Crippen LogP contribution in [0.4, 0.5) is 5.69 Å².